The van der Waals surface area contributed by atoms with Gasteiger partial charge in [0, 0.05) is 18.8 Å². The molecule has 1 saturated heterocycles. The highest BCUT2D eigenvalue weighted by Crippen LogP contribution is 2.20. The molecule has 1 aliphatic rings. The third-order valence-corrected chi connectivity index (χ3v) is 4.62. The number of rotatable bonds is 6. The number of halogens is 1. The van der Waals surface area contributed by atoms with E-state index in [-0.39, 0.29) is 17.8 Å². The molecule has 2 aromatic rings. The molecule has 1 amide bonds. The van der Waals surface area contributed by atoms with Crippen LogP contribution < -0.4 is 15.0 Å². The topological polar surface area (TPSA) is 50.8 Å². The van der Waals surface area contributed by atoms with E-state index in [2.05, 4.69) is 22.3 Å². The number of nitrogens with one attached hydrogen (secondary N) is 1. The van der Waals surface area contributed by atoms with Crippen LogP contribution in [0.2, 0.25) is 0 Å². The van der Waals surface area contributed by atoms with Gasteiger partial charge in [-0.25, -0.2) is 4.39 Å². The van der Waals surface area contributed by atoms with Gasteiger partial charge in [-0.2, -0.15) is 0 Å². The number of nitrogens with zero attached hydrogens (tertiary/aromatic N) is 1. The molecule has 0 spiro atoms. The normalized spacial score (nSPS) is 16.5. The molecule has 1 heterocycles. The first-order chi connectivity index (χ1) is 13.0. The van der Waals surface area contributed by atoms with Gasteiger partial charge in [-0.1, -0.05) is 12.1 Å². The van der Waals surface area contributed by atoms with Gasteiger partial charge < -0.3 is 19.7 Å². The van der Waals surface area contributed by atoms with Crippen molar-refractivity contribution in [1.82, 2.24) is 5.32 Å². The summed E-state index contributed by atoms with van der Waals surface area (Å²) in [4.78, 5) is 14.7. The lowest BCUT2D eigenvalue weighted by molar-refractivity contribution is -0.127. The highest BCUT2D eigenvalue weighted by molar-refractivity contribution is 5.81. The molecule has 0 unspecified atom stereocenters. The van der Waals surface area contributed by atoms with Crippen molar-refractivity contribution in [3.05, 3.63) is 59.9 Å². The number of ether oxygens (including phenoxy) is 2. The molecule has 2 aromatic carbocycles. The van der Waals surface area contributed by atoms with E-state index in [9.17, 15) is 9.18 Å². The number of benzene rings is 2. The maximum Gasteiger partial charge on any atom is 0.261 e. The molecule has 1 N–H and O–H groups in total. The van der Waals surface area contributed by atoms with Crippen LogP contribution in [0.3, 0.4) is 0 Å². The number of hydrogen-bond acceptors (Lipinski definition) is 4. The fourth-order valence-corrected chi connectivity index (χ4v) is 2.98. The Labute approximate surface area is 159 Å². The fourth-order valence-electron chi connectivity index (χ4n) is 2.98. The van der Waals surface area contributed by atoms with Gasteiger partial charge in [-0.15, -0.1) is 0 Å². The Balaban J connectivity index is 1.54. The number of hydrogen-bond donors (Lipinski definition) is 1. The van der Waals surface area contributed by atoms with E-state index >= 15 is 0 Å². The Kier molecular flexibility index (Phi) is 6.29. The van der Waals surface area contributed by atoms with Crippen molar-refractivity contribution >= 4 is 11.6 Å². The van der Waals surface area contributed by atoms with E-state index in [0.29, 0.717) is 5.75 Å². The summed E-state index contributed by atoms with van der Waals surface area (Å²) in [5, 5.41) is 2.95. The molecule has 0 bridgehead atoms. The Hall–Kier alpha value is -2.60. The molecular formula is C21H25FN2O3. The number of anilines is 1. The van der Waals surface area contributed by atoms with Gasteiger partial charge >= 0.3 is 0 Å². The van der Waals surface area contributed by atoms with E-state index in [1.54, 1.807) is 6.92 Å². The van der Waals surface area contributed by atoms with Crippen LogP contribution in [0.25, 0.3) is 0 Å². The van der Waals surface area contributed by atoms with Gasteiger partial charge in [0.2, 0.25) is 0 Å². The molecule has 6 heteroatoms. The highest BCUT2D eigenvalue weighted by Gasteiger charge is 2.18. The van der Waals surface area contributed by atoms with Crippen LogP contribution in [0.4, 0.5) is 10.1 Å². The number of carbonyl (C=O) groups is 1. The molecule has 2 atom stereocenters. The van der Waals surface area contributed by atoms with Crippen molar-refractivity contribution in [3.8, 4) is 5.75 Å². The molecule has 27 heavy (non-hydrogen) atoms. The predicted molar refractivity (Wildman–Crippen MR) is 103 cm³/mol. The SMILES string of the molecule is C[C@H](Oc1ccc(F)cc1)C(=O)N[C@H](C)c1ccc(N2CCOCC2)cc1. The summed E-state index contributed by atoms with van der Waals surface area (Å²) in [6.07, 6.45) is -0.675. The molecule has 0 aromatic heterocycles. The second-order valence-electron chi connectivity index (χ2n) is 6.64. The molecule has 5 nitrogen and oxygen atoms in total. The largest absolute Gasteiger partial charge is 0.481 e. The van der Waals surface area contributed by atoms with E-state index < -0.39 is 6.10 Å². The standard InChI is InChI=1S/C21H25FN2O3/c1-15(17-3-7-19(8-4-17)24-11-13-26-14-12-24)23-21(25)16(2)27-20-9-5-18(22)6-10-20/h3-10,15-16H,11-14H2,1-2H3,(H,23,25)/t15-,16+/m1/s1. The van der Waals surface area contributed by atoms with E-state index in [1.165, 1.54) is 24.3 Å². The first-order valence-corrected chi connectivity index (χ1v) is 9.18. The van der Waals surface area contributed by atoms with Crippen LogP contribution in [0.15, 0.2) is 48.5 Å². The van der Waals surface area contributed by atoms with Crippen molar-refractivity contribution in [2.24, 2.45) is 0 Å². The molecule has 1 aliphatic heterocycles. The summed E-state index contributed by atoms with van der Waals surface area (Å²) in [5.74, 6) is -0.0979. The van der Waals surface area contributed by atoms with Gasteiger partial charge in [-0.05, 0) is 55.8 Å². The first kappa shape index (κ1) is 19.2. The summed E-state index contributed by atoms with van der Waals surface area (Å²) in [7, 11) is 0. The smallest absolute Gasteiger partial charge is 0.261 e. The monoisotopic (exact) mass is 372 g/mol. The first-order valence-electron chi connectivity index (χ1n) is 9.18. The third kappa shape index (κ3) is 5.20. The van der Waals surface area contributed by atoms with E-state index in [0.717, 1.165) is 37.6 Å². The minimum Gasteiger partial charge on any atom is -0.481 e. The van der Waals surface area contributed by atoms with Crippen LogP contribution in [0.5, 0.6) is 5.75 Å². The number of amides is 1. The van der Waals surface area contributed by atoms with Crippen LogP contribution in [0, 0.1) is 5.82 Å². The van der Waals surface area contributed by atoms with Crippen LogP contribution >= 0.6 is 0 Å². The maximum atomic E-state index is 12.9. The van der Waals surface area contributed by atoms with Crippen molar-refractivity contribution in [3.63, 3.8) is 0 Å². The molecule has 1 fully saturated rings. The predicted octanol–water partition coefficient (Wildman–Crippen LogP) is 3.31. The average molecular weight is 372 g/mol. The molecule has 0 saturated carbocycles. The number of morpholine rings is 1. The van der Waals surface area contributed by atoms with Gasteiger partial charge in [0.25, 0.3) is 5.91 Å². The fraction of sp³-hybridized carbons (Fsp3) is 0.381. The Morgan fingerprint density at radius 1 is 1.07 bits per heavy atom. The van der Waals surface area contributed by atoms with Crippen LogP contribution in [-0.2, 0) is 9.53 Å². The second-order valence-corrected chi connectivity index (χ2v) is 6.64. The molecule has 0 radical (unpaired) electrons. The van der Waals surface area contributed by atoms with Gasteiger partial charge in [0.05, 0.1) is 19.3 Å². The Morgan fingerprint density at radius 3 is 2.33 bits per heavy atom. The highest BCUT2D eigenvalue weighted by atomic mass is 19.1. The van der Waals surface area contributed by atoms with E-state index in [4.69, 9.17) is 9.47 Å². The number of carbonyl (C=O) groups excluding carboxylic acids is 1. The van der Waals surface area contributed by atoms with Gasteiger partial charge in [0.15, 0.2) is 6.10 Å². The van der Waals surface area contributed by atoms with E-state index in [1.807, 2.05) is 19.1 Å². The zero-order valence-corrected chi connectivity index (χ0v) is 15.7. The lowest BCUT2D eigenvalue weighted by Crippen LogP contribution is -2.38. The third-order valence-electron chi connectivity index (χ3n) is 4.62. The summed E-state index contributed by atoms with van der Waals surface area (Å²) >= 11 is 0. The minimum atomic E-state index is -0.675. The second kappa shape index (κ2) is 8.86. The zero-order chi connectivity index (χ0) is 19.2. The summed E-state index contributed by atoms with van der Waals surface area (Å²) < 4.78 is 23.9. The molecule has 144 valence electrons. The lowest BCUT2D eigenvalue weighted by Gasteiger charge is -2.29. The molecular weight excluding hydrogens is 347 g/mol. The molecule has 3 rings (SSSR count). The lowest BCUT2D eigenvalue weighted by atomic mass is 10.1. The summed E-state index contributed by atoms with van der Waals surface area (Å²) in [6, 6.07) is 13.7. The van der Waals surface area contributed by atoms with Gasteiger partial charge in [-0.3, -0.25) is 4.79 Å². The van der Waals surface area contributed by atoms with Crippen molar-refractivity contribution in [1.29, 1.82) is 0 Å². The maximum absolute atomic E-state index is 12.9. The quantitative estimate of drug-likeness (QED) is 0.845. The Morgan fingerprint density at radius 2 is 1.70 bits per heavy atom. The van der Waals surface area contributed by atoms with Crippen molar-refractivity contribution < 1.29 is 18.7 Å². The van der Waals surface area contributed by atoms with Crippen LogP contribution in [-0.4, -0.2) is 38.3 Å². The Bertz CT molecular complexity index is 743. The zero-order valence-electron chi connectivity index (χ0n) is 15.7. The minimum absolute atomic E-state index is 0.143. The van der Waals surface area contributed by atoms with Crippen molar-refractivity contribution in [2.75, 3.05) is 31.2 Å². The summed E-state index contributed by atoms with van der Waals surface area (Å²) in [6.45, 7) is 6.90. The average Bonchev–Trinajstić information content (AvgIpc) is 2.70. The molecule has 0 aliphatic carbocycles. The van der Waals surface area contributed by atoms with Crippen molar-refractivity contribution in [2.45, 2.75) is 26.0 Å². The van der Waals surface area contributed by atoms with Crippen LogP contribution in [0.1, 0.15) is 25.5 Å². The van der Waals surface area contributed by atoms with Gasteiger partial charge in [0.1, 0.15) is 11.6 Å². The summed E-state index contributed by atoms with van der Waals surface area (Å²) in [5.41, 5.74) is 2.18.